The second-order valence-electron chi connectivity index (χ2n) is 8.11. The lowest BCUT2D eigenvalue weighted by molar-refractivity contribution is 0.0904. The third-order valence-electron chi connectivity index (χ3n) is 5.44. The highest BCUT2D eigenvalue weighted by atomic mass is 32.2. The first-order chi connectivity index (χ1) is 13.9. The Morgan fingerprint density at radius 1 is 1.03 bits per heavy atom. The Morgan fingerprint density at radius 2 is 1.69 bits per heavy atom. The van der Waals surface area contributed by atoms with Crippen molar-refractivity contribution in [3.8, 4) is 0 Å². The number of hydrogen-bond acceptors (Lipinski definition) is 5. The molecule has 0 aromatic carbocycles. The van der Waals surface area contributed by atoms with Gasteiger partial charge in [0, 0.05) is 39.3 Å². The molecular formula is C20H41N5O3S. The van der Waals surface area contributed by atoms with E-state index in [0.29, 0.717) is 26.2 Å². The lowest BCUT2D eigenvalue weighted by atomic mass is 10.2. The molecule has 0 unspecified atom stereocenters. The molecule has 2 aliphatic heterocycles. The van der Waals surface area contributed by atoms with Crippen LogP contribution >= 0.6 is 0 Å². The second-order valence-corrected chi connectivity index (χ2v) is 10.2. The van der Waals surface area contributed by atoms with E-state index in [9.17, 15) is 8.42 Å². The fourth-order valence-electron chi connectivity index (χ4n) is 3.78. The van der Waals surface area contributed by atoms with Crippen LogP contribution in [-0.4, -0.2) is 106 Å². The summed E-state index contributed by atoms with van der Waals surface area (Å²) in [6.45, 7) is 13.5. The lowest BCUT2D eigenvalue weighted by Gasteiger charge is -2.36. The molecule has 9 heteroatoms. The number of nitrogens with zero attached hydrogens (tertiary/aromatic N) is 4. The predicted molar refractivity (Wildman–Crippen MR) is 119 cm³/mol. The number of piperazine rings is 1. The van der Waals surface area contributed by atoms with E-state index < -0.39 is 10.0 Å². The number of guanidine groups is 1. The highest BCUT2D eigenvalue weighted by molar-refractivity contribution is 7.89. The number of ether oxygens (including phenoxy) is 1. The van der Waals surface area contributed by atoms with Gasteiger partial charge in [0.2, 0.25) is 10.0 Å². The molecule has 0 radical (unpaired) electrons. The Labute approximate surface area is 177 Å². The SMILES string of the molecule is CCNC(=NCCN1CCCCCC1)N1CCN(S(=O)(=O)CCOC(C)C)CC1. The molecule has 2 rings (SSSR count). The van der Waals surface area contributed by atoms with Gasteiger partial charge in [-0.3, -0.25) is 4.99 Å². The van der Waals surface area contributed by atoms with Gasteiger partial charge in [-0.15, -0.1) is 0 Å². The summed E-state index contributed by atoms with van der Waals surface area (Å²) in [7, 11) is -3.26. The Balaban J connectivity index is 1.81. The molecule has 0 saturated carbocycles. The molecule has 2 aliphatic rings. The number of aliphatic imine (C=N–C) groups is 1. The second kappa shape index (κ2) is 12.7. The van der Waals surface area contributed by atoms with Crippen LogP contribution in [0.1, 0.15) is 46.5 Å². The Morgan fingerprint density at radius 3 is 2.28 bits per heavy atom. The van der Waals surface area contributed by atoms with Gasteiger partial charge in [-0.2, -0.15) is 4.31 Å². The number of likely N-dealkylation sites (tertiary alicyclic amines) is 1. The standard InChI is InChI=1S/C20H41N5O3S/c1-4-21-20(22-9-12-23-10-7-5-6-8-11-23)24-13-15-25(16-14-24)29(26,27)18-17-28-19(2)3/h19H,4-18H2,1-3H3,(H,21,22). The largest absolute Gasteiger partial charge is 0.378 e. The van der Waals surface area contributed by atoms with E-state index in [0.717, 1.165) is 25.6 Å². The molecule has 0 aromatic heterocycles. The van der Waals surface area contributed by atoms with Crippen molar-refractivity contribution in [3.63, 3.8) is 0 Å². The summed E-state index contributed by atoms with van der Waals surface area (Å²) < 4.78 is 32.0. The van der Waals surface area contributed by atoms with Crippen LogP contribution in [0.5, 0.6) is 0 Å². The Hall–Kier alpha value is -0.900. The number of sulfonamides is 1. The summed E-state index contributed by atoms with van der Waals surface area (Å²) in [5, 5.41) is 3.37. The van der Waals surface area contributed by atoms with E-state index in [1.807, 2.05) is 13.8 Å². The van der Waals surface area contributed by atoms with Gasteiger partial charge in [-0.25, -0.2) is 8.42 Å². The van der Waals surface area contributed by atoms with Crippen LogP contribution in [0.3, 0.4) is 0 Å². The van der Waals surface area contributed by atoms with Gasteiger partial charge in [0.15, 0.2) is 5.96 Å². The molecule has 0 spiro atoms. The number of nitrogens with one attached hydrogen (secondary N) is 1. The van der Waals surface area contributed by atoms with Gasteiger partial charge < -0.3 is 19.9 Å². The summed E-state index contributed by atoms with van der Waals surface area (Å²) >= 11 is 0. The molecule has 8 nitrogen and oxygen atoms in total. The lowest BCUT2D eigenvalue weighted by Crippen LogP contribution is -2.54. The molecule has 0 amide bonds. The fourth-order valence-corrected chi connectivity index (χ4v) is 5.06. The van der Waals surface area contributed by atoms with E-state index in [1.165, 1.54) is 38.8 Å². The highest BCUT2D eigenvalue weighted by Gasteiger charge is 2.28. The van der Waals surface area contributed by atoms with Gasteiger partial charge >= 0.3 is 0 Å². The molecule has 170 valence electrons. The van der Waals surface area contributed by atoms with Crippen molar-refractivity contribution in [3.05, 3.63) is 0 Å². The van der Waals surface area contributed by atoms with E-state index in [2.05, 4.69) is 22.0 Å². The molecular weight excluding hydrogens is 390 g/mol. The molecule has 1 N–H and O–H groups in total. The number of rotatable bonds is 9. The van der Waals surface area contributed by atoms with Crippen molar-refractivity contribution in [2.24, 2.45) is 4.99 Å². The van der Waals surface area contributed by atoms with Crippen LogP contribution in [0.2, 0.25) is 0 Å². The molecule has 0 bridgehead atoms. The van der Waals surface area contributed by atoms with Gasteiger partial charge in [0.1, 0.15) is 0 Å². The van der Waals surface area contributed by atoms with Gasteiger partial charge in [0.05, 0.1) is 25.0 Å². The number of hydrogen-bond donors (Lipinski definition) is 1. The van der Waals surface area contributed by atoms with Crippen molar-refractivity contribution >= 4 is 16.0 Å². The quantitative estimate of drug-likeness (QED) is 0.437. The summed E-state index contributed by atoms with van der Waals surface area (Å²) in [6.07, 6.45) is 5.33. The van der Waals surface area contributed by atoms with Crippen LogP contribution in [-0.2, 0) is 14.8 Å². The van der Waals surface area contributed by atoms with Gasteiger partial charge in [-0.1, -0.05) is 12.8 Å². The molecule has 0 aromatic rings. The van der Waals surface area contributed by atoms with E-state index in [4.69, 9.17) is 9.73 Å². The van der Waals surface area contributed by atoms with Crippen molar-refractivity contribution in [1.82, 2.24) is 19.4 Å². The third kappa shape index (κ3) is 8.78. The first kappa shape index (κ1) is 24.4. The minimum absolute atomic E-state index is 0.0508. The zero-order chi connectivity index (χ0) is 21.1. The van der Waals surface area contributed by atoms with Gasteiger partial charge in [-0.05, 0) is 46.7 Å². The molecule has 0 atom stereocenters. The molecule has 2 saturated heterocycles. The average molecular weight is 432 g/mol. The molecule has 0 aliphatic carbocycles. The van der Waals surface area contributed by atoms with E-state index in [-0.39, 0.29) is 18.5 Å². The highest BCUT2D eigenvalue weighted by Crippen LogP contribution is 2.10. The van der Waals surface area contributed by atoms with Crippen molar-refractivity contribution in [1.29, 1.82) is 0 Å². The molecule has 2 heterocycles. The van der Waals surface area contributed by atoms with Crippen LogP contribution in [0, 0.1) is 0 Å². The van der Waals surface area contributed by atoms with Crippen molar-refractivity contribution in [2.75, 3.05) is 71.3 Å². The monoisotopic (exact) mass is 431 g/mol. The van der Waals surface area contributed by atoms with Crippen molar-refractivity contribution in [2.45, 2.75) is 52.6 Å². The van der Waals surface area contributed by atoms with Crippen LogP contribution in [0.4, 0.5) is 0 Å². The zero-order valence-corrected chi connectivity index (χ0v) is 19.4. The Kier molecular flexibility index (Phi) is 10.7. The normalized spacial score (nSPS) is 20.8. The van der Waals surface area contributed by atoms with Crippen molar-refractivity contribution < 1.29 is 13.2 Å². The minimum atomic E-state index is -3.26. The predicted octanol–water partition coefficient (Wildman–Crippen LogP) is 1.20. The summed E-state index contributed by atoms with van der Waals surface area (Å²) in [5.41, 5.74) is 0. The molecule has 2 fully saturated rings. The van der Waals surface area contributed by atoms with E-state index >= 15 is 0 Å². The Bertz CT molecular complexity index is 581. The van der Waals surface area contributed by atoms with Gasteiger partial charge in [0.25, 0.3) is 0 Å². The van der Waals surface area contributed by atoms with Crippen LogP contribution < -0.4 is 5.32 Å². The van der Waals surface area contributed by atoms with Crippen LogP contribution in [0.25, 0.3) is 0 Å². The first-order valence-electron chi connectivity index (χ1n) is 11.3. The maximum Gasteiger partial charge on any atom is 0.216 e. The van der Waals surface area contributed by atoms with Crippen LogP contribution in [0.15, 0.2) is 4.99 Å². The third-order valence-corrected chi connectivity index (χ3v) is 7.27. The zero-order valence-electron chi connectivity index (χ0n) is 18.6. The maximum atomic E-state index is 12.5. The summed E-state index contributed by atoms with van der Waals surface area (Å²) in [6, 6.07) is 0. The fraction of sp³-hybridized carbons (Fsp3) is 0.950. The average Bonchev–Trinajstić information content (AvgIpc) is 2.96. The summed E-state index contributed by atoms with van der Waals surface area (Å²) in [4.78, 5) is 9.52. The first-order valence-corrected chi connectivity index (χ1v) is 12.9. The van der Waals surface area contributed by atoms with E-state index in [1.54, 1.807) is 4.31 Å². The maximum absolute atomic E-state index is 12.5. The smallest absolute Gasteiger partial charge is 0.216 e. The summed E-state index contributed by atoms with van der Waals surface area (Å²) in [5.74, 6) is 0.956. The topological polar surface area (TPSA) is 77.5 Å². The minimum Gasteiger partial charge on any atom is -0.378 e. The molecule has 29 heavy (non-hydrogen) atoms.